The summed E-state index contributed by atoms with van der Waals surface area (Å²) < 4.78 is 4.80. The fourth-order valence-corrected chi connectivity index (χ4v) is 8.21. The van der Waals surface area contributed by atoms with Crippen molar-refractivity contribution >= 4 is 64.1 Å². The Bertz CT molecular complexity index is 2780. The summed E-state index contributed by atoms with van der Waals surface area (Å²) >= 11 is 1.80. The van der Waals surface area contributed by atoms with Crippen LogP contribution in [-0.4, -0.2) is 19.5 Å². The molecule has 48 heavy (non-hydrogen) atoms. The third-order valence-electron chi connectivity index (χ3n) is 9.22. The lowest BCUT2D eigenvalue weighted by Gasteiger charge is -2.09. The highest BCUT2D eigenvalue weighted by molar-refractivity contribution is 7.26. The maximum Gasteiger partial charge on any atom is 0.165 e. The second kappa shape index (κ2) is 10.7. The standard InChI is InChI=1S/C43H26N4S/c1-3-12-27(13-4-1)41-44-42(28-14-5-2-6-15-28)46-43(45-41)35-20-11-19-34-33-23-22-31(26-39(33)48-40(34)35)47-37-21-10-9-18-32(37)36-24-29-16-7-8-17-30(29)25-38(36)47/h1-26H. The molecular formula is C43H26N4S. The van der Waals surface area contributed by atoms with Gasteiger partial charge in [-0.1, -0.05) is 121 Å². The molecule has 7 aromatic carbocycles. The lowest BCUT2D eigenvalue weighted by Crippen LogP contribution is -2.00. The summed E-state index contributed by atoms with van der Waals surface area (Å²) in [5, 5.41) is 7.45. The number of nitrogens with zero attached hydrogens (tertiary/aromatic N) is 4. The maximum absolute atomic E-state index is 5.05. The van der Waals surface area contributed by atoms with E-state index in [0.29, 0.717) is 17.5 Å². The fourth-order valence-electron chi connectivity index (χ4n) is 6.96. The molecule has 0 spiro atoms. The van der Waals surface area contributed by atoms with Crippen molar-refractivity contribution in [1.82, 2.24) is 19.5 Å². The average Bonchev–Trinajstić information content (AvgIpc) is 3.69. The van der Waals surface area contributed by atoms with Gasteiger partial charge in [0.05, 0.1) is 11.0 Å². The lowest BCUT2D eigenvalue weighted by molar-refractivity contribution is 1.08. The fraction of sp³-hybridized carbons (Fsp3) is 0. The first kappa shape index (κ1) is 27.0. The summed E-state index contributed by atoms with van der Waals surface area (Å²) in [5.74, 6) is 2.01. The van der Waals surface area contributed by atoms with Gasteiger partial charge < -0.3 is 4.57 Å². The topological polar surface area (TPSA) is 43.6 Å². The minimum atomic E-state index is 0.666. The number of hydrogen-bond acceptors (Lipinski definition) is 4. The molecule has 3 heterocycles. The van der Waals surface area contributed by atoms with E-state index in [9.17, 15) is 0 Å². The highest BCUT2D eigenvalue weighted by Crippen LogP contribution is 2.42. The number of hydrogen-bond donors (Lipinski definition) is 0. The molecule has 0 aliphatic heterocycles. The molecule has 5 heteroatoms. The summed E-state index contributed by atoms with van der Waals surface area (Å²) in [6, 6.07) is 55.6. The van der Waals surface area contributed by atoms with Crippen LogP contribution in [0.15, 0.2) is 158 Å². The molecular weight excluding hydrogens is 605 g/mol. The summed E-state index contributed by atoms with van der Waals surface area (Å²) in [6.07, 6.45) is 0. The van der Waals surface area contributed by atoms with E-state index in [4.69, 9.17) is 15.0 Å². The molecule has 224 valence electrons. The highest BCUT2D eigenvalue weighted by Gasteiger charge is 2.18. The van der Waals surface area contributed by atoms with E-state index < -0.39 is 0 Å². The molecule has 0 unspecified atom stereocenters. The van der Waals surface area contributed by atoms with Crippen LogP contribution in [0.3, 0.4) is 0 Å². The van der Waals surface area contributed by atoms with Gasteiger partial charge in [0, 0.05) is 53.3 Å². The monoisotopic (exact) mass is 630 g/mol. The molecule has 0 amide bonds. The molecule has 0 atom stereocenters. The number of benzene rings is 7. The molecule has 0 saturated heterocycles. The Hall–Kier alpha value is -6.17. The van der Waals surface area contributed by atoms with Crippen molar-refractivity contribution in [2.45, 2.75) is 0 Å². The third kappa shape index (κ3) is 4.25. The summed E-state index contributed by atoms with van der Waals surface area (Å²) in [4.78, 5) is 15.0. The molecule has 0 bridgehead atoms. The van der Waals surface area contributed by atoms with Gasteiger partial charge in [0.2, 0.25) is 0 Å². The van der Waals surface area contributed by atoms with Crippen molar-refractivity contribution in [3.63, 3.8) is 0 Å². The Kier molecular flexibility index (Phi) is 6.01. The molecule has 0 saturated carbocycles. The van der Waals surface area contributed by atoms with Crippen molar-refractivity contribution in [1.29, 1.82) is 0 Å². The van der Waals surface area contributed by atoms with Crippen LogP contribution in [0, 0.1) is 0 Å². The molecule has 0 radical (unpaired) electrons. The van der Waals surface area contributed by atoms with Crippen LogP contribution in [0.1, 0.15) is 0 Å². The van der Waals surface area contributed by atoms with Crippen molar-refractivity contribution in [2.24, 2.45) is 0 Å². The minimum Gasteiger partial charge on any atom is -0.309 e. The number of para-hydroxylation sites is 1. The van der Waals surface area contributed by atoms with Gasteiger partial charge in [-0.25, -0.2) is 15.0 Å². The number of fused-ring (bicyclic) bond motifs is 7. The molecule has 0 N–H and O–H groups in total. The van der Waals surface area contributed by atoms with Gasteiger partial charge in [-0.15, -0.1) is 11.3 Å². The maximum atomic E-state index is 5.05. The Morgan fingerprint density at radius 1 is 0.417 bits per heavy atom. The zero-order valence-electron chi connectivity index (χ0n) is 25.7. The van der Waals surface area contributed by atoms with Crippen LogP contribution in [0.5, 0.6) is 0 Å². The largest absolute Gasteiger partial charge is 0.309 e. The average molecular weight is 631 g/mol. The van der Waals surface area contributed by atoms with Crippen LogP contribution in [-0.2, 0) is 0 Å². The van der Waals surface area contributed by atoms with Crippen LogP contribution in [0.2, 0.25) is 0 Å². The SMILES string of the molecule is c1ccc(-c2nc(-c3ccccc3)nc(-c3cccc4c3sc3cc(-n5c6ccccc6c6cc7ccccc7cc65)ccc34)n2)cc1. The van der Waals surface area contributed by atoms with Crippen molar-refractivity contribution in [3.05, 3.63) is 158 Å². The summed E-state index contributed by atoms with van der Waals surface area (Å²) in [6.45, 7) is 0. The molecule has 10 aromatic rings. The predicted octanol–water partition coefficient (Wildman–Crippen LogP) is 11.5. The first-order valence-corrected chi connectivity index (χ1v) is 16.9. The summed E-state index contributed by atoms with van der Waals surface area (Å²) in [7, 11) is 0. The van der Waals surface area contributed by atoms with E-state index in [0.717, 1.165) is 22.4 Å². The van der Waals surface area contributed by atoms with Crippen LogP contribution < -0.4 is 0 Å². The zero-order valence-corrected chi connectivity index (χ0v) is 26.5. The Morgan fingerprint density at radius 2 is 1.04 bits per heavy atom. The smallest absolute Gasteiger partial charge is 0.165 e. The normalized spacial score (nSPS) is 11.8. The minimum absolute atomic E-state index is 0.666. The molecule has 4 nitrogen and oxygen atoms in total. The van der Waals surface area contributed by atoms with Crippen LogP contribution in [0.25, 0.3) is 92.6 Å². The zero-order chi connectivity index (χ0) is 31.6. The van der Waals surface area contributed by atoms with Gasteiger partial charge in [0.15, 0.2) is 17.5 Å². The van der Waals surface area contributed by atoms with Crippen molar-refractivity contribution < 1.29 is 0 Å². The Morgan fingerprint density at radius 3 is 1.79 bits per heavy atom. The van der Waals surface area contributed by atoms with E-state index >= 15 is 0 Å². The number of thiophene rings is 1. The van der Waals surface area contributed by atoms with E-state index in [2.05, 4.69) is 102 Å². The van der Waals surface area contributed by atoms with E-state index in [1.54, 1.807) is 11.3 Å². The van der Waals surface area contributed by atoms with Gasteiger partial charge in [0.1, 0.15) is 0 Å². The van der Waals surface area contributed by atoms with Gasteiger partial charge in [-0.3, -0.25) is 0 Å². The van der Waals surface area contributed by atoms with Gasteiger partial charge in [0.25, 0.3) is 0 Å². The molecule has 0 aliphatic carbocycles. The van der Waals surface area contributed by atoms with E-state index in [1.807, 2.05) is 60.7 Å². The van der Waals surface area contributed by atoms with Crippen molar-refractivity contribution in [2.75, 3.05) is 0 Å². The quantitative estimate of drug-likeness (QED) is 0.194. The molecule has 10 rings (SSSR count). The van der Waals surface area contributed by atoms with Gasteiger partial charge in [-0.2, -0.15) is 0 Å². The molecule has 0 fully saturated rings. The predicted molar refractivity (Wildman–Crippen MR) is 201 cm³/mol. The van der Waals surface area contributed by atoms with E-state index in [1.165, 1.54) is 52.8 Å². The highest BCUT2D eigenvalue weighted by atomic mass is 32.1. The second-order valence-corrected chi connectivity index (χ2v) is 13.1. The molecule has 0 aliphatic rings. The Labute approximate surface area is 280 Å². The first-order chi connectivity index (χ1) is 23.8. The summed E-state index contributed by atoms with van der Waals surface area (Å²) in [5.41, 5.74) is 6.50. The molecule has 3 aromatic heterocycles. The van der Waals surface area contributed by atoms with Gasteiger partial charge >= 0.3 is 0 Å². The first-order valence-electron chi connectivity index (χ1n) is 16.0. The Balaban J connectivity index is 1.18. The van der Waals surface area contributed by atoms with Crippen molar-refractivity contribution in [3.8, 4) is 39.9 Å². The van der Waals surface area contributed by atoms with Crippen LogP contribution >= 0.6 is 11.3 Å². The third-order valence-corrected chi connectivity index (χ3v) is 10.4. The second-order valence-electron chi connectivity index (χ2n) is 12.1. The lowest BCUT2D eigenvalue weighted by atomic mass is 10.1. The number of rotatable bonds is 4. The van der Waals surface area contributed by atoms with Crippen LogP contribution in [0.4, 0.5) is 0 Å². The van der Waals surface area contributed by atoms with E-state index in [-0.39, 0.29) is 0 Å². The number of aromatic nitrogens is 4. The van der Waals surface area contributed by atoms with Gasteiger partial charge in [-0.05, 0) is 47.2 Å².